The van der Waals surface area contributed by atoms with Crippen molar-refractivity contribution in [2.75, 3.05) is 13.2 Å². The summed E-state index contributed by atoms with van der Waals surface area (Å²) < 4.78 is 1.96. The van der Waals surface area contributed by atoms with Crippen LogP contribution in [0.15, 0.2) is 6.07 Å². The molecule has 1 rings (SSSR count). The predicted molar refractivity (Wildman–Crippen MR) is 74.5 cm³/mol. The highest BCUT2D eigenvalue weighted by molar-refractivity contribution is 5.10. The van der Waals surface area contributed by atoms with Gasteiger partial charge in [-0.15, -0.1) is 0 Å². The van der Waals surface area contributed by atoms with Gasteiger partial charge in [-0.3, -0.25) is 9.58 Å². The van der Waals surface area contributed by atoms with Crippen LogP contribution in [0.4, 0.5) is 0 Å². The van der Waals surface area contributed by atoms with Crippen LogP contribution in [0.2, 0.25) is 0 Å². The third-order valence-corrected chi connectivity index (χ3v) is 3.60. The molecular formula is C14H27N3O. The van der Waals surface area contributed by atoms with Gasteiger partial charge in [0.1, 0.15) is 0 Å². The molecule has 0 aromatic carbocycles. The van der Waals surface area contributed by atoms with Gasteiger partial charge in [-0.25, -0.2) is 0 Å². The molecule has 1 aromatic rings. The first-order chi connectivity index (χ1) is 8.65. The first-order valence-corrected chi connectivity index (χ1v) is 7.02. The number of rotatable bonds is 8. The maximum Gasteiger partial charge on any atom is 0.0625 e. The van der Waals surface area contributed by atoms with Gasteiger partial charge < -0.3 is 5.11 Å². The number of aromatic nitrogens is 2. The standard InChI is InChI=1S/C14H27N3O/c1-5-12-10-14(16(4)15-12)11-17(8-9-18)13(6-2)7-3/h10,13,18H,5-9,11H2,1-4H3. The minimum Gasteiger partial charge on any atom is -0.395 e. The number of aryl methyl sites for hydroxylation is 2. The molecule has 0 bridgehead atoms. The fraction of sp³-hybridized carbons (Fsp3) is 0.786. The largest absolute Gasteiger partial charge is 0.395 e. The van der Waals surface area contributed by atoms with E-state index in [0.717, 1.165) is 38.0 Å². The molecule has 1 aromatic heterocycles. The van der Waals surface area contributed by atoms with E-state index in [2.05, 4.69) is 36.8 Å². The van der Waals surface area contributed by atoms with Gasteiger partial charge in [-0.05, 0) is 25.3 Å². The van der Waals surface area contributed by atoms with E-state index in [0.29, 0.717) is 6.04 Å². The van der Waals surface area contributed by atoms with Crippen LogP contribution in [0.5, 0.6) is 0 Å². The van der Waals surface area contributed by atoms with Crippen molar-refractivity contribution in [1.29, 1.82) is 0 Å². The van der Waals surface area contributed by atoms with Gasteiger partial charge >= 0.3 is 0 Å². The summed E-state index contributed by atoms with van der Waals surface area (Å²) in [5, 5.41) is 13.7. The van der Waals surface area contributed by atoms with E-state index in [9.17, 15) is 5.11 Å². The number of hydrogen-bond donors (Lipinski definition) is 1. The number of hydrogen-bond acceptors (Lipinski definition) is 3. The molecule has 0 aliphatic heterocycles. The zero-order valence-corrected chi connectivity index (χ0v) is 12.2. The lowest BCUT2D eigenvalue weighted by molar-refractivity contribution is 0.133. The summed E-state index contributed by atoms with van der Waals surface area (Å²) in [4.78, 5) is 2.36. The SMILES string of the molecule is CCc1cc(CN(CCO)C(CC)CC)n(C)n1. The zero-order chi connectivity index (χ0) is 13.5. The van der Waals surface area contributed by atoms with Crippen molar-refractivity contribution in [2.45, 2.75) is 52.6 Å². The number of aliphatic hydroxyl groups excluding tert-OH is 1. The fourth-order valence-corrected chi connectivity index (χ4v) is 2.42. The van der Waals surface area contributed by atoms with E-state index in [1.807, 2.05) is 11.7 Å². The monoisotopic (exact) mass is 253 g/mol. The van der Waals surface area contributed by atoms with Crippen LogP contribution in [0.1, 0.15) is 45.0 Å². The first-order valence-electron chi connectivity index (χ1n) is 7.02. The maximum atomic E-state index is 9.21. The van der Waals surface area contributed by atoms with Crippen molar-refractivity contribution < 1.29 is 5.11 Å². The predicted octanol–water partition coefficient (Wildman–Crippen LogP) is 1.97. The first kappa shape index (κ1) is 15.2. The molecule has 0 saturated carbocycles. The lowest BCUT2D eigenvalue weighted by Gasteiger charge is -2.29. The Morgan fingerprint density at radius 2 is 2.00 bits per heavy atom. The summed E-state index contributed by atoms with van der Waals surface area (Å²) in [6, 6.07) is 2.71. The molecule has 0 radical (unpaired) electrons. The molecule has 0 atom stereocenters. The lowest BCUT2D eigenvalue weighted by Crippen LogP contribution is -2.36. The van der Waals surface area contributed by atoms with E-state index in [4.69, 9.17) is 0 Å². The van der Waals surface area contributed by atoms with E-state index < -0.39 is 0 Å². The molecule has 1 heterocycles. The van der Waals surface area contributed by atoms with E-state index in [-0.39, 0.29) is 6.61 Å². The van der Waals surface area contributed by atoms with Crippen LogP contribution in [0.25, 0.3) is 0 Å². The Kier molecular flexibility index (Phi) is 6.36. The van der Waals surface area contributed by atoms with Crippen LogP contribution in [-0.4, -0.2) is 39.0 Å². The molecule has 0 unspecified atom stereocenters. The van der Waals surface area contributed by atoms with Crippen molar-refractivity contribution in [2.24, 2.45) is 7.05 Å². The Labute approximate surface area is 111 Å². The summed E-state index contributed by atoms with van der Waals surface area (Å²) in [7, 11) is 2.00. The number of nitrogens with zero attached hydrogens (tertiary/aromatic N) is 3. The molecule has 0 fully saturated rings. The van der Waals surface area contributed by atoms with Crippen LogP contribution < -0.4 is 0 Å². The third kappa shape index (κ3) is 3.82. The minimum absolute atomic E-state index is 0.217. The number of aliphatic hydroxyl groups is 1. The molecular weight excluding hydrogens is 226 g/mol. The van der Waals surface area contributed by atoms with Crippen molar-refractivity contribution in [3.8, 4) is 0 Å². The molecule has 0 saturated heterocycles. The van der Waals surface area contributed by atoms with E-state index >= 15 is 0 Å². The van der Waals surface area contributed by atoms with Gasteiger partial charge in [0, 0.05) is 26.2 Å². The summed E-state index contributed by atoms with van der Waals surface area (Å²) in [6.45, 7) is 8.36. The highest BCUT2D eigenvalue weighted by Gasteiger charge is 2.16. The van der Waals surface area contributed by atoms with Crippen molar-refractivity contribution in [3.63, 3.8) is 0 Å². The molecule has 0 spiro atoms. The topological polar surface area (TPSA) is 41.3 Å². The van der Waals surface area contributed by atoms with Gasteiger partial charge in [0.25, 0.3) is 0 Å². The van der Waals surface area contributed by atoms with Crippen LogP contribution >= 0.6 is 0 Å². The Bertz CT molecular complexity index is 345. The third-order valence-electron chi connectivity index (χ3n) is 3.60. The Morgan fingerprint density at radius 3 is 2.44 bits per heavy atom. The van der Waals surface area contributed by atoms with Crippen LogP contribution in [0.3, 0.4) is 0 Å². The fourth-order valence-electron chi connectivity index (χ4n) is 2.42. The molecule has 0 aliphatic rings. The van der Waals surface area contributed by atoms with Gasteiger partial charge in [-0.2, -0.15) is 5.10 Å². The normalized spacial score (nSPS) is 11.7. The Morgan fingerprint density at radius 1 is 1.33 bits per heavy atom. The summed E-state index contributed by atoms with van der Waals surface area (Å²) in [5.41, 5.74) is 2.37. The molecule has 0 aliphatic carbocycles. The van der Waals surface area contributed by atoms with E-state index in [1.165, 1.54) is 5.69 Å². The van der Waals surface area contributed by atoms with Crippen molar-refractivity contribution in [3.05, 3.63) is 17.5 Å². The quantitative estimate of drug-likeness (QED) is 0.770. The Balaban J connectivity index is 2.78. The van der Waals surface area contributed by atoms with Crippen LogP contribution in [0, 0.1) is 0 Å². The molecule has 0 amide bonds. The second kappa shape index (κ2) is 7.54. The van der Waals surface area contributed by atoms with Crippen molar-refractivity contribution in [1.82, 2.24) is 14.7 Å². The highest BCUT2D eigenvalue weighted by atomic mass is 16.3. The van der Waals surface area contributed by atoms with Crippen LogP contribution in [-0.2, 0) is 20.0 Å². The Hall–Kier alpha value is -0.870. The molecule has 4 nitrogen and oxygen atoms in total. The highest BCUT2D eigenvalue weighted by Crippen LogP contribution is 2.14. The summed E-state index contributed by atoms with van der Waals surface area (Å²) in [5.74, 6) is 0. The molecule has 4 heteroatoms. The molecule has 18 heavy (non-hydrogen) atoms. The minimum atomic E-state index is 0.217. The smallest absolute Gasteiger partial charge is 0.0625 e. The van der Waals surface area contributed by atoms with E-state index in [1.54, 1.807) is 0 Å². The zero-order valence-electron chi connectivity index (χ0n) is 12.2. The maximum absolute atomic E-state index is 9.21. The van der Waals surface area contributed by atoms with Crippen molar-refractivity contribution >= 4 is 0 Å². The lowest BCUT2D eigenvalue weighted by atomic mass is 10.1. The molecule has 1 N–H and O–H groups in total. The average molecular weight is 253 g/mol. The van der Waals surface area contributed by atoms with Gasteiger partial charge in [-0.1, -0.05) is 20.8 Å². The average Bonchev–Trinajstić information content (AvgIpc) is 2.72. The molecule has 104 valence electrons. The summed E-state index contributed by atoms with van der Waals surface area (Å²) >= 11 is 0. The van der Waals surface area contributed by atoms with Gasteiger partial charge in [0.05, 0.1) is 18.0 Å². The summed E-state index contributed by atoms with van der Waals surface area (Å²) in [6.07, 6.45) is 3.21. The van der Waals surface area contributed by atoms with Gasteiger partial charge in [0.2, 0.25) is 0 Å². The van der Waals surface area contributed by atoms with Gasteiger partial charge in [0.15, 0.2) is 0 Å². The second-order valence-electron chi connectivity index (χ2n) is 4.77. The second-order valence-corrected chi connectivity index (χ2v) is 4.77.